The topological polar surface area (TPSA) is 29.3 Å². The maximum absolute atomic E-state index is 6.05. The highest BCUT2D eigenvalue weighted by Crippen LogP contribution is 2.46. The lowest BCUT2D eigenvalue weighted by atomic mass is 9.76. The molecule has 0 aromatic rings. The number of rotatable bonds is 8. The predicted molar refractivity (Wildman–Crippen MR) is 87.9 cm³/mol. The van der Waals surface area contributed by atoms with Crippen molar-refractivity contribution < 1.29 is 0 Å². The number of piperidine rings is 1. The molecular weight excluding hydrogens is 244 g/mol. The Morgan fingerprint density at radius 3 is 2.20 bits per heavy atom. The maximum Gasteiger partial charge on any atom is 0.0218 e. The van der Waals surface area contributed by atoms with E-state index < -0.39 is 0 Å². The molecule has 1 aliphatic carbocycles. The predicted octanol–water partition coefficient (Wildman–Crippen LogP) is 4.33. The molecular formula is C18H36N2. The van der Waals surface area contributed by atoms with E-state index in [4.69, 9.17) is 5.73 Å². The van der Waals surface area contributed by atoms with E-state index in [-0.39, 0.29) is 0 Å². The first-order chi connectivity index (χ1) is 9.79. The molecule has 1 atom stereocenters. The van der Waals surface area contributed by atoms with E-state index >= 15 is 0 Å². The quantitative estimate of drug-likeness (QED) is 0.671. The molecule has 1 aliphatic heterocycles. The van der Waals surface area contributed by atoms with E-state index in [2.05, 4.69) is 11.8 Å². The molecule has 0 aromatic carbocycles. The zero-order chi connectivity index (χ0) is 14.3. The van der Waals surface area contributed by atoms with Gasteiger partial charge in [-0.25, -0.2) is 0 Å². The lowest BCUT2D eigenvalue weighted by molar-refractivity contribution is 0.0742. The SMILES string of the molecule is CCCCCCCC(CN)N1CCC2(CCCC2)CC1. The summed E-state index contributed by atoms with van der Waals surface area (Å²) in [7, 11) is 0. The van der Waals surface area contributed by atoms with Crippen LogP contribution in [-0.2, 0) is 0 Å². The van der Waals surface area contributed by atoms with Gasteiger partial charge in [0.25, 0.3) is 0 Å². The van der Waals surface area contributed by atoms with Crippen LogP contribution in [0.15, 0.2) is 0 Å². The molecule has 0 amide bonds. The number of unbranched alkanes of at least 4 members (excludes halogenated alkanes) is 4. The highest BCUT2D eigenvalue weighted by atomic mass is 15.2. The van der Waals surface area contributed by atoms with Crippen LogP contribution in [0.4, 0.5) is 0 Å². The normalized spacial score (nSPS) is 24.3. The maximum atomic E-state index is 6.05. The number of hydrogen-bond donors (Lipinski definition) is 1. The zero-order valence-electron chi connectivity index (χ0n) is 13.7. The molecule has 0 bridgehead atoms. The van der Waals surface area contributed by atoms with Gasteiger partial charge < -0.3 is 5.73 Å². The molecule has 118 valence electrons. The minimum absolute atomic E-state index is 0.662. The fourth-order valence-corrected chi connectivity index (χ4v) is 4.42. The van der Waals surface area contributed by atoms with Crippen LogP contribution in [0.2, 0.25) is 0 Å². The van der Waals surface area contributed by atoms with Crippen molar-refractivity contribution in [2.24, 2.45) is 11.1 Å². The molecule has 2 rings (SSSR count). The Morgan fingerprint density at radius 2 is 1.60 bits per heavy atom. The Kier molecular flexibility index (Phi) is 6.83. The summed E-state index contributed by atoms with van der Waals surface area (Å²) in [6.07, 6.45) is 17.1. The van der Waals surface area contributed by atoms with Gasteiger partial charge in [-0.15, -0.1) is 0 Å². The van der Waals surface area contributed by atoms with Crippen LogP contribution in [0.1, 0.15) is 84.0 Å². The number of likely N-dealkylation sites (tertiary alicyclic amines) is 1. The summed E-state index contributed by atoms with van der Waals surface area (Å²) in [6.45, 7) is 5.78. The van der Waals surface area contributed by atoms with Crippen LogP contribution in [0, 0.1) is 5.41 Å². The lowest BCUT2D eigenvalue weighted by Gasteiger charge is -2.42. The zero-order valence-corrected chi connectivity index (χ0v) is 13.7. The Labute approximate surface area is 126 Å². The molecule has 1 unspecified atom stereocenters. The first kappa shape index (κ1) is 16.3. The van der Waals surface area contributed by atoms with E-state index in [1.807, 2.05) is 0 Å². The Balaban J connectivity index is 1.67. The van der Waals surface area contributed by atoms with Crippen LogP contribution in [-0.4, -0.2) is 30.6 Å². The standard InChI is InChI=1S/C18H36N2/c1-2-3-4-5-6-9-17(16-19)20-14-12-18(13-15-20)10-7-8-11-18/h17H,2-16,19H2,1H3. The molecule has 20 heavy (non-hydrogen) atoms. The summed E-state index contributed by atoms with van der Waals surface area (Å²) in [5, 5.41) is 0. The third kappa shape index (κ3) is 4.46. The van der Waals surface area contributed by atoms with Gasteiger partial charge in [0.05, 0.1) is 0 Å². The molecule has 2 fully saturated rings. The van der Waals surface area contributed by atoms with Crippen LogP contribution >= 0.6 is 0 Å². The van der Waals surface area contributed by atoms with Gasteiger partial charge in [-0.05, 0) is 50.6 Å². The van der Waals surface area contributed by atoms with E-state index in [9.17, 15) is 0 Å². The van der Waals surface area contributed by atoms with E-state index in [0.717, 1.165) is 12.0 Å². The van der Waals surface area contributed by atoms with Crippen molar-refractivity contribution >= 4 is 0 Å². The monoisotopic (exact) mass is 280 g/mol. The van der Waals surface area contributed by atoms with Crippen molar-refractivity contribution in [3.63, 3.8) is 0 Å². The highest BCUT2D eigenvalue weighted by molar-refractivity contribution is 4.91. The van der Waals surface area contributed by atoms with Crippen molar-refractivity contribution in [3.8, 4) is 0 Å². The average Bonchev–Trinajstić information content (AvgIpc) is 2.93. The second-order valence-corrected chi connectivity index (χ2v) is 7.34. The van der Waals surface area contributed by atoms with E-state index in [1.54, 1.807) is 0 Å². The van der Waals surface area contributed by atoms with Crippen molar-refractivity contribution in [1.82, 2.24) is 4.90 Å². The average molecular weight is 280 g/mol. The van der Waals surface area contributed by atoms with Crippen LogP contribution in [0.25, 0.3) is 0 Å². The van der Waals surface area contributed by atoms with Crippen molar-refractivity contribution in [2.75, 3.05) is 19.6 Å². The van der Waals surface area contributed by atoms with Gasteiger partial charge in [0.15, 0.2) is 0 Å². The second kappa shape index (κ2) is 8.38. The first-order valence-electron chi connectivity index (χ1n) is 9.24. The molecule has 2 N–H and O–H groups in total. The third-order valence-electron chi connectivity index (χ3n) is 5.95. The lowest BCUT2D eigenvalue weighted by Crippen LogP contribution is -2.47. The second-order valence-electron chi connectivity index (χ2n) is 7.34. The Hall–Kier alpha value is -0.0800. The molecule has 1 saturated heterocycles. The molecule has 2 heteroatoms. The molecule has 2 aliphatic rings. The first-order valence-corrected chi connectivity index (χ1v) is 9.24. The summed E-state index contributed by atoms with van der Waals surface area (Å²) < 4.78 is 0. The number of nitrogens with two attached hydrogens (primary N) is 1. The van der Waals surface area contributed by atoms with Gasteiger partial charge in [-0.2, -0.15) is 0 Å². The largest absolute Gasteiger partial charge is 0.329 e. The highest BCUT2D eigenvalue weighted by Gasteiger charge is 2.37. The molecule has 0 radical (unpaired) electrons. The van der Waals surface area contributed by atoms with E-state index in [1.165, 1.54) is 90.1 Å². The summed E-state index contributed by atoms with van der Waals surface area (Å²) in [4.78, 5) is 2.71. The van der Waals surface area contributed by atoms with Gasteiger partial charge in [0.1, 0.15) is 0 Å². The summed E-state index contributed by atoms with van der Waals surface area (Å²) in [5.41, 5.74) is 6.79. The fourth-order valence-electron chi connectivity index (χ4n) is 4.42. The minimum atomic E-state index is 0.662. The van der Waals surface area contributed by atoms with Gasteiger partial charge in [-0.1, -0.05) is 51.9 Å². The van der Waals surface area contributed by atoms with Crippen molar-refractivity contribution in [3.05, 3.63) is 0 Å². The van der Waals surface area contributed by atoms with Crippen LogP contribution < -0.4 is 5.73 Å². The van der Waals surface area contributed by atoms with Gasteiger partial charge in [0.2, 0.25) is 0 Å². The van der Waals surface area contributed by atoms with E-state index in [0.29, 0.717) is 6.04 Å². The Bertz CT molecular complexity index is 248. The smallest absolute Gasteiger partial charge is 0.0218 e. The van der Waals surface area contributed by atoms with Crippen LogP contribution in [0.3, 0.4) is 0 Å². The summed E-state index contributed by atoms with van der Waals surface area (Å²) in [5.74, 6) is 0. The minimum Gasteiger partial charge on any atom is -0.329 e. The van der Waals surface area contributed by atoms with Crippen molar-refractivity contribution in [2.45, 2.75) is 90.0 Å². The third-order valence-corrected chi connectivity index (χ3v) is 5.95. The molecule has 1 spiro atoms. The number of nitrogens with zero attached hydrogens (tertiary/aromatic N) is 1. The number of hydrogen-bond acceptors (Lipinski definition) is 2. The molecule has 1 heterocycles. The van der Waals surface area contributed by atoms with Gasteiger partial charge in [0, 0.05) is 12.6 Å². The fraction of sp³-hybridized carbons (Fsp3) is 1.00. The van der Waals surface area contributed by atoms with Crippen molar-refractivity contribution in [1.29, 1.82) is 0 Å². The Morgan fingerprint density at radius 1 is 0.950 bits per heavy atom. The molecule has 0 aromatic heterocycles. The summed E-state index contributed by atoms with van der Waals surface area (Å²) >= 11 is 0. The van der Waals surface area contributed by atoms with Gasteiger partial charge in [-0.3, -0.25) is 4.90 Å². The van der Waals surface area contributed by atoms with Gasteiger partial charge >= 0.3 is 0 Å². The molecule has 2 nitrogen and oxygen atoms in total. The molecule has 1 saturated carbocycles. The van der Waals surface area contributed by atoms with Crippen LogP contribution in [0.5, 0.6) is 0 Å². The summed E-state index contributed by atoms with van der Waals surface area (Å²) in [6, 6.07) is 0.662.